The molecular weight excluding hydrogens is 785 g/mol. The van der Waals surface area contributed by atoms with Gasteiger partial charge in [0.05, 0.1) is 22.4 Å². The van der Waals surface area contributed by atoms with Crippen molar-refractivity contribution in [2.24, 2.45) is 0 Å². The largest absolute Gasteiger partial charge is 0.457 e. The highest BCUT2D eigenvalue weighted by molar-refractivity contribution is 6.04. The van der Waals surface area contributed by atoms with E-state index in [1.807, 2.05) is 72.8 Å². The molecule has 0 aliphatic heterocycles. The molecule has 0 fully saturated rings. The lowest BCUT2D eigenvalue weighted by Crippen LogP contribution is -1.91. The Hall–Kier alpha value is -8.74. The van der Waals surface area contributed by atoms with Crippen molar-refractivity contribution in [2.75, 3.05) is 0 Å². The van der Waals surface area contributed by atoms with E-state index in [-0.39, 0.29) is 0 Å². The van der Waals surface area contributed by atoms with Crippen LogP contribution in [0.3, 0.4) is 0 Å². The topological polar surface area (TPSA) is 70.0 Å². The standard InChI is InChI=1S/C58H38N4O2/c1-5-47(6-2-39(1)41-11-21-51(22-12-41)63-53-25-15-43(16-26-53)45-31-35-59-36-32-45)55-29-19-49-9-10-50-20-30-56(62-58(50)57(49)61-55)48-7-3-40(4-8-48)42-13-23-52(24-14-42)64-54-27-17-44(18-28-54)46-33-37-60-38-34-46/h1-38H. The minimum absolute atomic E-state index is 0.784. The van der Waals surface area contributed by atoms with Gasteiger partial charge in [0.1, 0.15) is 23.0 Å². The average Bonchev–Trinajstić information content (AvgIpc) is 3.37. The number of benzene rings is 7. The molecule has 0 spiro atoms. The third-order valence-corrected chi connectivity index (χ3v) is 11.5. The molecule has 7 aromatic carbocycles. The Morgan fingerprint density at radius 2 is 0.453 bits per heavy atom. The van der Waals surface area contributed by atoms with E-state index in [2.05, 4.69) is 143 Å². The maximum Gasteiger partial charge on any atom is 0.127 e. The van der Waals surface area contributed by atoms with E-state index in [4.69, 9.17) is 19.4 Å². The van der Waals surface area contributed by atoms with Gasteiger partial charge in [-0.3, -0.25) is 9.97 Å². The summed E-state index contributed by atoms with van der Waals surface area (Å²) in [4.78, 5) is 18.6. The van der Waals surface area contributed by atoms with Crippen LogP contribution in [-0.4, -0.2) is 19.9 Å². The molecular formula is C58H38N4O2. The van der Waals surface area contributed by atoms with Gasteiger partial charge in [-0.2, -0.15) is 0 Å². The second kappa shape index (κ2) is 17.0. The van der Waals surface area contributed by atoms with Gasteiger partial charge in [0, 0.05) is 46.7 Å². The van der Waals surface area contributed by atoms with Crippen molar-refractivity contribution in [1.29, 1.82) is 0 Å². The second-order valence-corrected chi connectivity index (χ2v) is 15.5. The van der Waals surface area contributed by atoms with E-state index in [9.17, 15) is 0 Å². The van der Waals surface area contributed by atoms with Gasteiger partial charge in [0.25, 0.3) is 0 Å². The molecule has 0 aliphatic rings. The zero-order valence-electron chi connectivity index (χ0n) is 34.5. The molecule has 4 aromatic heterocycles. The summed E-state index contributed by atoms with van der Waals surface area (Å²) in [5.74, 6) is 3.15. The fraction of sp³-hybridized carbons (Fsp3) is 0. The van der Waals surface area contributed by atoms with Gasteiger partial charge in [-0.25, -0.2) is 9.97 Å². The minimum atomic E-state index is 0.784. The summed E-state index contributed by atoms with van der Waals surface area (Å²) in [5.41, 5.74) is 14.6. The lowest BCUT2D eigenvalue weighted by Gasteiger charge is -2.10. The summed E-state index contributed by atoms with van der Waals surface area (Å²) in [6.45, 7) is 0. The number of rotatable bonds is 10. The van der Waals surface area contributed by atoms with Gasteiger partial charge in [0.15, 0.2) is 0 Å². The van der Waals surface area contributed by atoms with Gasteiger partial charge >= 0.3 is 0 Å². The van der Waals surface area contributed by atoms with Crippen LogP contribution < -0.4 is 9.47 Å². The van der Waals surface area contributed by atoms with E-state index in [0.717, 1.165) is 112 Å². The van der Waals surface area contributed by atoms with Gasteiger partial charge in [-0.15, -0.1) is 0 Å². The van der Waals surface area contributed by atoms with E-state index in [1.54, 1.807) is 24.8 Å². The number of ether oxygens (including phenoxy) is 2. The summed E-state index contributed by atoms with van der Waals surface area (Å²) < 4.78 is 12.3. The molecule has 0 saturated heterocycles. The predicted molar refractivity (Wildman–Crippen MR) is 258 cm³/mol. The van der Waals surface area contributed by atoms with Crippen LogP contribution in [0.2, 0.25) is 0 Å². The van der Waals surface area contributed by atoms with Gasteiger partial charge in [-0.05, 0) is 129 Å². The van der Waals surface area contributed by atoms with Crippen LogP contribution in [0.1, 0.15) is 0 Å². The molecule has 0 unspecified atom stereocenters. The third-order valence-electron chi connectivity index (χ3n) is 11.5. The quantitative estimate of drug-likeness (QED) is 0.128. The fourth-order valence-corrected chi connectivity index (χ4v) is 7.98. The summed E-state index contributed by atoms with van der Waals surface area (Å²) >= 11 is 0. The Morgan fingerprint density at radius 3 is 0.750 bits per heavy atom. The second-order valence-electron chi connectivity index (χ2n) is 15.5. The van der Waals surface area contributed by atoms with Crippen molar-refractivity contribution in [2.45, 2.75) is 0 Å². The highest BCUT2D eigenvalue weighted by Crippen LogP contribution is 2.33. The van der Waals surface area contributed by atoms with Crippen LogP contribution >= 0.6 is 0 Å². The first-order valence-electron chi connectivity index (χ1n) is 21.1. The Kier molecular flexibility index (Phi) is 10.1. The summed E-state index contributed by atoms with van der Waals surface area (Å²) in [7, 11) is 0. The van der Waals surface area contributed by atoms with Crippen molar-refractivity contribution in [3.63, 3.8) is 0 Å². The highest BCUT2D eigenvalue weighted by atomic mass is 16.5. The number of aromatic nitrogens is 4. The lowest BCUT2D eigenvalue weighted by molar-refractivity contribution is 0.482. The maximum absolute atomic E-state index is 6.15. The van der Waals surface area contributed by atoms with Gasteiger partial charge in [0.2, 0.25) is 0 Å². The average molecular weight is 823 g/mol. The SMILES string of the molecule is c1cc(-c2ccc(Oc3ccc(-c4ccc(-c5ccc6ccc7ccc(-c8ccc(-c9ccc(Oc%10ccc(-c%11ccncc%11)cc%10)cc9)cc8)nc7c6n5)cc4)cc3)cc2)ccn1. The van der Waals surface area contributed by atoms with Gasteiger partial charge < -0.3 is 9.47 Å². The Balaban J connectivity index is 0.771. The smallest absolute Gasteiger partial charge is 0.127 e. The molecule has 6 heteroatoms. The van der Waals surface area contributed by atoms with E-state index in [0.29, 0.717) is 0 Å². The van der Waals surface area contributed by atoms with Crippen molar-refractivity contribution in [1.82, 2.24) is 19.9 Å². The molecule has 0 aliphatic carbocycles. The number of fused-ring (bicyclic) bond motifs is 3. The molecule has 64 heavy (non-hydrogen) atoms. The molecule has 0 radical (unpaired) electrons. The maximum atomic E-state index is 6.15. The Labute approximate surface area is 370 Å². The van der Waals surface area contributed by atoms with E-state index < -0.39 is 0 Å². The first-order valence-corrected chi connectivity index (χ1v) is 21.1. The monoisotopic (exact) mass is 822 g/mol. The zero-order valence-corrected chi connectivity index (χ0v) is 34.5. The van der Waals surface area contributed by atoms with Crippen molar-refractivity contribution in [3.05, 3.63) is 231 Å². The van der Waals surface area contributed by atoms with Crippen molar-refractivity contribution >= 4 is 21.8 Å². The molecule has 302 valence electrons. The van der Waals surface area contributed by atoms with Crippen molar-refractivity contribution in [3.8, 4) is 90.0 Å². The highest BCUT2D eigenvalue weighted by Gasteiger charge is 2.11. The van der Waals surface area contributed by atoms with E-state index in [1.165, 1.54) is 0 Å². The van der Waals surface area contributed by atoms with Crippen LogP contribution in [0.15, 0.2) is 231 Å². The van der Waals surface area contributed by atoms with Gasteiger partial charge in [-0.1, -0.05) is 121 Å². The number of hydrogen-bond donors (Lipinski definition) is 0. The van der Waals surface area contributed by atoms with Crippen LogP contribution in [0.4, 0.5) is 0 Å². The predicted octanol–water partition coefficient (Wildman–Crippen LogP) is 15.2. The molecule has 11 aromatic rings. The van der Waals surface area contributed by atoms with Crippen LogP contribution in [0, 0.1) is 0 Å². The third kappa shape index (κ3) is 8.07. The lowest BCUT2D eigenvalue weighted by atomic mass is 10.0. The molecule has 11 rings (SSSR count). The molecule has 6 nitrogen and oxygen atoms in total. The molecule has 0 amide bonds. The molecule has 0 saturated carbocycles. The minimum Gasteiger partial charge on any atom is -0.457 e. The molecule has 0 atom stereocenters. The first kappa shape index (κ1) is 38.2. The molecule has 0 N–H and O–H groups in total. The summed E-state index contributed by atoms with van der Waals surface area (Å²) in [5, 5.41) is 2.10. The number of nitrogens with zero attached hydrogens (tertiary/aromatic N) is 4. The van der Waals surface area contributed by atoms with E-state index >= 15 is 0 Å². The Morgan fingerprint density at radius 1 is 0.219 bits per heavy atom. The number of hydrogen-bond acceptors (Lipinski definition) is 6. The summed E-state index contributed by atoms with van der Waals surface area (Å²) in [6, 6.07) is 70.4. The molecule has 0 bridgehead atoms. The fourth-order valence-electron chi connectivity index (χ4n) is 7.98. The molecule has 4 heterocycles. The van der Waals surface area contributed by atoms with Crippen LogP contribution in [0.5, 0.6) is 23.0 Å². The van der Waals surface area contributed by atoms with Crippen LogP contribution in [0.25, 0.3) is 88.8 Å². The zero-order chi connectivity index (χ0) is 42.7. The first-order chi connectivity index (χ1) is 31.6. The normalized spacial score (nSPS) is 11.1. The van der Waals surface area contributed by atoms with Crippen LogP contribution in [-0.2, 0) is 0 Å². The number of pyridine rings is 4. The Bertz CT molecular complexity index is 3130. The van der Waals surface area contributed by atoms with Crippen molar-refractivity contribution < 1.29 is 9.47 Å². The summed E-state index contributed by atoms with van der Waals surface area (Å²) in [6.07, 6.45) is 7.21.